The zero-order chi connectivity index (χ0) is 13.9. The van der Waals surface area contributed by atoms with Crippen LogP contribution in [0.3, 0.4) is 0 Å². The van der Waals surface area contributed by atoms with Crippen molar-refractivity contribution in [1.29, 1.82) is 0 Å². The van der Waals surface area contributed by atoms with Gasteiger partial charge >= 0.3 is 0 Å². The van der Waals surface area contributed by atoms with Gasteiger partial charge < -0.3 is 10.1 Å². The predicted molar refractivity (Wildman–Crippen MR) is 80.2 cm³/mol. The molecule has 0 fully saturated rings. The molecule has 1 rings (SSSR count). The maximum absolute atomic E-state index is 13.9. The van der Waals surface area contributed by atoms with E-state index in [-0.39, 0.29) is 5.82 Å². The van der Waals surface area contributed by atoms with Crippen molar-refractivity contribution in [1.82, 2.24) is 5.32 Å². The van der Waals surface area contributed by atoms with Gasteiger partial charge in [-0.05, 0) is 29.9 Å². The van der Waals surface area contributed by atoms with E-state index < -0.39 is 0 Å². The second kappa shape index (κ2) is 10.2. The minimum absolute atomic E-state index is 0.104. The number of ether oxygens (including phenoxy) is 1. The molecule has 0 aliphatic heterocycles. The number of hydrogen-bond donors (Lipinski definition) is 1. The quantitative estimate of drug-likeness (QED) is 0.521. The first-order valence-corrected chi connectivity index (χ1v) is 7.87. The SMILES string of the molecule is CCCCCSc1ccc(CNCCOC)cc1F. The van der Waals surface area contributed by atoms with E-state index in [1.165, 1.54) is 12.8 Å². The molecule has 19 heavy (non-hydrogen) atoms. The molecular weight excluding hydrogens is 261 g/mol. The largest absolute Gasteiger partial charge is 0.383 e. The molecule has 4 heteroatoms. The molecule has 2 nitrogen and oxygen atoms in total. The van der Waals surface area contributed by atoms with Crippen LogP contribution in [0.15, 0.2) is 23.1 Å². The highest BCUT2D eigenvalue weighted by Crippen LogP contribution is 2.23. The standard InChI is InChI=1S/C15H24FNOS/c1-3-4-5-10-19-15-7-6-13(11-14(15)16)12-17-8-9-18-2/h6-7,11,17H,3-5,8-10,12H2,1-2H3. The maximum Gasteiger partial charge on any atom is 0.137 e. The smallest absolute Gasteiger partial charge is 0.137 e. The van der Waals surface area contributed by atoms with Gasteiger partial charge in [0.25, 0.3) is 0 Å². The second-order valence-corrected chi connectivity index (χ2v) is 5.63. The van der Waals surface area contributed by atoms with Crippen LogP contribution in [0.25, 0.3) is 0 Å². The fraction of sp³-hybridized carbons (Fsp3) is 0.600. The Bertz CT molecular complexity index is 360. The van der Waals surface area contributed by atoms with Gasteiger partial charge in [-0.25, -0.2) is 4.39 Å². The summed E-state index contributed by atoms with van der Waals surface area (Å²) in [6.45, 7) is 4.32. The summed E-state index contributed by atoms with van der Waals surface area (Å²) in [6.07, 6.45) is 3.58. The van der Waals surface area contributed by atoms with Gasteiger partial charge in [-0.3, -0.25) is 0 Å². The highest BCUT2D eigenvalue weighted by molar-refractivity contribution is 7.99. The third kappa shape index (κ3) is 6.95. The zero-order valence-corrected chi connectivity index (χ0v) is 12.7. The molecule has 0 aliphatic carbocycles. The van der Waals surface area contributed by atoms with Crippen LogP contribution in [-0.2, 0) is 11.3 Å². The summed E-state index contributed by atoms with van der Waals surface area (Å²) < 4.78 is 18.8. The summed E-state index contributed by atoms with van der Waals surface area (Å²) in [6, 6.07) is 5.51. The van der Waals surface area contributed by atoms with Crippen molar-refractivity contribution in [2.45, 2.75) is 37.6 Å². The van der Waals surface area contributed by atoms with Gasteiger partial charge in [0.2, 0.25) is 0 Å². The third-order valence-electron chi connectivity index (χ3n) is 2.81. The van der Waals surface area contributed by atoms with Gasteiger partial charge in [-0.15, -0.1) is 11.8 Å². The van der Waals surface area contributed by atoms with Gasteiger partial charge in [0.05, 0.1) is 6.61 Å². The lowest BCUT2D eigenvalue weighted by atomic mass is 10.2. The Hall–Kier alpha value is -0.580. The Morgan fingerprint density at radius 3 is 2.84 bits per heavy atom. The highest BCUT2D eigenvalue weighted by Gasteiger charge is 2.04. The number of rotatable bonds is 10. The summed E-state index contributed by atoms with van der Waals surface area (Å²) in [5.74, 6) is 0.892. The number of halogens is 1. The minimum atomic E-state index is -0.104. The van der Waals surface area contributed by atoms with Crippen LogP contribution in [0.5, 0.6) is 0 Å². The van der Waals surface area contributed by atoms with Gasteiger partial charge in [0, 0.05) is 25.1 Å². The lowest BCUT2D eigenvalue weighted by Gasteiger charge is -2.07. The van der Waals surface area contributed by atoms with Crippen LogP contribution >= 0.6 is 11.8 Å². The van der Waals surface area contributed by atoms with Crippen LogP contribution in [0.1, 0.15) is 31.7 Å². The summed E-state index contributed by atoms with van der Waals surface area (Å²) >= 11 is 1.61. The van der Waals surface area contributed by atoms with E-state index in [9.17, 15) is 4.39 Å². The van der Waals surface area contributed by atoms with Crippen molar-refractivity contribution < 1.29 is 9.13 Å². The van der Waals surface area contributed by atoms with Crippen molar-refractivity contribution in [3.8, 4) is 0 Å². The molecule has 0 aromatic heterocycles. The normalized spacial score (nSPS) is 10.9. The molecule has 1 aromatic rings. The first-order chi connectivity index (χ1) is 9.27. The molecule has 0 saturated heterocycles. The average molecular weight is 285 g/mol. The molecule has 0 unspecified atom stereocenters. The second-order valence-electron chi connectivity index (χ2n) is 4.49. The summed E-state index contributed by atoms with van der Waals surface area (Å²) in [4.78, 5) is 0.761. The molecule has 0 aliphatic rings. The van der Waals surface area contributed by atoms with E-state index in [2.05, 4.69) is 12.2 Å². The Labute approximate surface area is 120 Å². The van der Waals surface area contributed by atoms with E-state index in [0.29, 0.717) is 13.2 Å². The lowest BCUT2D eigenvalue weighted by molar-refractivity contribution is 0.199. The Balaban J connectivity index is 2.36. The van der Waals surface area contributed by atoms with E-state index in [0.717, 1.165) is 29.2 Å². The van der Waals surface area contributed by atoms with Crippen molar-refractivity contribution >= 4 is 11.8 Å². The number of hydrogen-bond acceptors (Lipinski definition) is 3. The molecule has 108 valence electrons. The van der Waals surface area contributed by atoms with E-state index in [4.69, 9.17) is 4.74 Å². The fourth-order valence-corrected chi connectivity index (χ4v) is 2.64. The molecule has 0 atom stereocenters. The van der Waals surface area contributed by atoms with Crippen LogP contribution < -0.4 is 5.32 Å². The van der Waals surface area contributed by atoms with Crippen molar-refractivity contribution in [2.24, 2.45) is 0 Å². The third-order valence-corrected chi connectivity index (χ3v) is 3.95. The molecule has 0 spiro atoms. The lowest BCUT2D eigenvalue weighted by Crippen LogP contribution is -2.18. The first-order valence-electron chi connectivity index (χ1n) is 6.88. The predicted octanol–water partition coefficient (Wildman–Crippen LogP) is 3.84. The topological polar surface area (TPSA) is 21.3 Å². The van der Waals surface area contributed by atoms with E-state index >= 15 is 0 Å². The molecular formula is C15H24FNOS. The van der Waals surface area contributed by atoms with E-state index in [1.54, 1.807) is 24.9 Å². The zero-order valence-electron chi connectivity index (χ0n) is 11.9. The number of thioether (sulfide) groups is 1. The molecule has 0 amide bonds. The Morgan fingerprint density at radius 1 is 1.32 bits per heavy atom. The number of benzene rings is 1. The van der Waals surface area contributed by atoms with Gasteiger partial charge in [-0.2, -0.15) is 0 Å². The molecule has 0 radical (unpaired) electrons. The minimum Gasteiger partial charge on any atom is -0.383 e. The summed E-state index contributed by atoms with van der Waals surface area (Å²) in [5, 5.41) is 3.21. The van der Waals surface area contributed by atoms with Crippen molar-refractivity contribution in [3.05, 3.63) is 29.6 Å². The van der Waals surface area contributed by atoms with Gasteiger partial charge in [0.1, 0.15) is 5.82 Å². The number of nitrogens with one attached hydrogen (secondary N) is 1. The Kier molecular flexibility index (Phi) is 8.88. The molecule has 0 heterocycles. The number of methoxy groups -OCH3 is 1. The molecule has 0 saturated carbocycles. The first kappa shape index (κ1) is 16.5. The van der Waals surface area contributed by atoms with Crippen LogP contribution in [0, 0.1) is 5.82 Å². The van der Waals surface area contributed by atoms with Crippen molar-refractivity contribution in [2.75, 3.05) is 26.0 Å². The Morgan fingerprint density at radius 2 is 2.16 bits per heavy atom. The number of unbranched alkanes of at least 4 members (excludes halogenated alkanes) is 2. The fourth-order valence-electron chi connectivity index (χ4n) is 1.71. The highest BCUT2D eigenvalue weighted by atomic mass is 32.2. The van der Waals surface area contributed by atoms with Crippen LogP contribution in [0.4, 0.5) is 4.39 Å². The monoisotopic (exact) mass is 285 g/mol. The van der Waals surface area contributed by atoms with Gasteiger partial charge in [0.15, 0.2) is 0 Å². The molecule has 0 bridgehead atoms. The van der Waals surface area contributed by atoms with Gasteiger partial charge in [-0.1, -0.05) is 25.8 Å². The van der Waals surface area contributed by atoms with Crippen LogP contribution in [0.2, 0.25) is 0 Å². The van der Waals surface area contributed by atoms with E-state index in [1.807, 2.05) is 12.1 Å². The summed E-state index contributed by atoms with van der Waals surface area (Å²) in [5.41, 5.74) is 0.978. The average Bonchev–Trinajstić information content (AvgIpc) is 2.42. The molecule has 1 N–H and O–H groups in total. The van der Waals surface area contributed by atoms with Crippen LogP contribution in [-0.4, -0.2) is 26.0 Å². The molecule has 1 aromatic carbocycles. The maximum atomic E-state index is 13.9. The summed E-state index contributed by atoms with van der Waals surface area (Å²) in [7, 11) is 1.67. The van der Waals surface area contributed by atoms with Crippen molar-refractivity contribution in [3.63, 3.8) is 0 Å².